The molecule has 0 amide bonds. The molecule has 0 unspecified atom stereocenters. The molecule has 0 aliphatic heterocycles. The van der Waals surface area contributed by atoms with E-state index in [1.807, 2.05) is 77.4 Å². The van der Waals surface area contributed by atoms with E-state index in [2.05, 4.69) is 11.1 Å². The van der Waals surface area contributed by atoms with Gasteiger partial charge in [0.15, 0.2) is 17.5 Å². The van der Waals surface area contributed by atoms with Crippen LogP contribution in [0.2, 0.25) is 0 Å². The molecule has 318 valence electrons. The molecule has 0 fully saturated rings. The molecular formula is C53H29F6N7. The van der Waals surface area contributed by atoms with E-state index in [1.54, 1.807) is 71.6 Å². The first-order valence-electron chi connectivity index (χ1n) is 20.6. The number of nitrogens with zero attached hydrogens (tertiary/aromatic N) is 7. The van der Waals surface area contributed by atoms with Crippen LogP contribution in [0, 0.1) is 11.3 Å². The summed E-state index contributed by atoms with van der Waals surface area (Å²) >= 11 is 0. The van der Waals surface area contributed by atoms with Gasteiger partial charge in [0.1, 0.15) is 6.07 Å². The lowest BCUT2D eigenvalue weighted by Gasteiger charge is -2.20. The van der Waals surface area contributed by atoms with Crippen molar-refractivity contribution < 1.29 is 26.3 Å². The number of rotatable bonds is 6. The van der Waals surface area contributed by atoms with Crippen LogP contribution in [0.25, 0.3) is 100 Å². The fourth-order valence-electron chi connectivity index (χ4n) is 8.82. The number of nitriles is 1. The third kappa shape index (κ3) is 6.69. The fraction of sp³-hybridized carbons (Fsp3) is 0.0377. The molecule has 0 saturated carbocycles. The number of fused-ring (bicyclic) bond motifs is 6. The van der Waals surface area contributed by atoms with Crippen LogP contribution in [-0.2, 0) is 12.4 Å². The maximum Gasteiger partial charge on any atom is 0.416 e. The summed E-state index contributed by atoms with van der Waals surface area (Å²) in [6.45, 7) is 0. The summed E-state index contributed by atoms with van der Waals surface area (Å²) in [6, 6.07) is 47.6. The van der Waals surface area contributed by atoms with Gasteiger partial charge in [0.05, 0.1) is 50.1 Å². The van der Waals surface area contributed by atoms with Gasteiger partial charge in [0.25, 0.3) is 0 Å². The molecule has 7 aromatic carbocycles. The predicted octanol–water partition coefficient (Wildman–Crippen LogP) is 14.0. The van der Waals surface area contributed by atoms with Gasteiger partial charge in [0.2, 0.25) is 0 Å². The van der Waals surface area contributed by atoms with Gasteiger partial charge in [-0.25, -0.2) is 15.0 Å². The topological polar surface area (TPSA) is 85.2 Å². The summed E-state index contributed by atoms with van der Waals surface area (Å²) in [5.41, 5.74) is 4.03. The van der Waals surface area contributed by atoms with Gasteiger partial charge in [-0.15, -0.1) is 0 Å². The van der Waals surface area contributed by atoms with Crippen LogP contribution in [0.15, 0.2) is 176 Å². The Bertz CT molecular complexity index is 3700. The van der Waals surface area contributed by atoms with E-state index in [9.17, 15) is 31.6 Å². The highest BCUT2D eigenvalue weighted by Crippen LogP contribution is 2.45. The second-order valence-electron chi connectivity index (χ2n) is 15.6. The zero-order valence-corrected chi connectivity index (χ0v) is 34.1. The summed E-state index contributed by atoms with van der Waals surface area (Å²) < 4.78 is 89.0. The number of hydrogen-bond acceptors (Lipinski definition) is 5. The Balaban J connectivity index is 1.26. The molecule has 4 heterocycles. The largest absolute Gasteiger partial charge is 0.416 e. The number of aromatic nitrogens is 6. The van der Waals surface area contributed by atoms with Crippen LogP contribution in [0.3, 0.4) is 0 Å². The average Bonchev–Trinajstić information content (AvgIpc) is 3.85. The Labute approximate surface area is 371 Å². The second kappa shape index (κ2) is 15.3. The van der Waals surface area contributed by atoms with Crippen molar-refractivity contribution in [3.05, 3.63) is 193 Å². The van der Waals surface area contributed by atoms with Crippen molar-refractivity contribution >= 4 is 43.6 Å². The van der Waals surface area contributed by atoms with Crippen LogP contribution in [-0.4, -0.2) is 29.1 Å². The van der Waals surface area contributed by atoms with Crippen molar-refractivity contribution in [3.63, 3.8) is 0 Å². The molecule has 0 aliphatic rings. The van der Waals surface area contributed by atoms with Gasteiger partial charge in [-0.1, -0.05) is 97.1 Å². The molecule has 0 spiro atoms. The lowest BCUT2D eigenvalue weighted by Crippen LogP contribution is -2.07. The molecule has 0 N–H and O–H groups in total. The Morgan fingerprint density at radius 1 is 0.439 bits per heavy atom. The van der Waals surface area contributed by atoms with Gasteiger partial charge >= 0.3 is 12.4 Å². The van der Waals surface area contributed by atoms with E-state index in [1.165, 1.54) is 12.1 Å². The van der Waals surface area contributed by atoms with E-state index in [0.717, 1.165) is 24.3 Å². The Morgan fingerprint density at radius 2 is 0.909 bits per heavy atom. The van der Waals surface area contributed by atoms with Gasteiger partial charge in [-0.05, 0) is 66.7 Å². The number of benzene rings is 7. The lowest BCUT2D eigenvalue weighted by atomic mass is 9.96. The molecule has 13 heteroatoms. The summed E-state index contributed by atoms with van der Waals surface area (Å²) in [6.07, 6.45) is -6.04. The van der Waals surface area contributed by atoms with Gasteiger partial charge in [0, 0.05) is 61.8 Å². The third-order valence-corrected chi connectivity index (χ3v) is 11.7. The molecule has 11 aromatic rings. The molecule has 0 saturated heterocycles. The van der Waals surface area contributed by atoms with E-state index >= 15 is 0 Å². The Kier molecular flexibility index (Phi) is 9.30. The highest BCUT2D eigenvalue weighted by molar-refractivity contribution is 6.12. The average molecular weight is 878 g/mol. The highest BCUT2D eigenvalue weighted by Gasteiger charge is 2.33. The van der Waals surface area contributed by atoms with Crippen LogP contribution in [0.4, 0.5) is 26.3 Å². The highest BCUT2D eigenvalue weighted by atomic mass is 19.4. The Morgan fingerprint density at radius 3 is 1.44 bits per heavy atom. The van der Waals surface area contributed by atoms with Gasteiger partial charge < -0.3 is 9.13 Å². The van der Waals surface area contributed by atoms with Crippen molar-refractivity contribution in [1.29, 1.82) is 5.26 Å². The van der Waals surface area contributed by atoms with Gasteiger partial charge in [-0.3, -0.25) is 4.98 Å². The zero-order chi connectivity index (χ0) is 45.3. The first-order chi connectivity index (χ1) is 32.0. The van der Waals surface area contributed by atoms with E-state index in [-0.39, 0.29) is 11.4 Å². The van der Waals surface area contributed by atoms with Crippen LogP contribution in [0.5, 0.6) is 0 Å². The number of alkyl halides is 6. The SMILES string of the molecule is N#Cc1cc(-c2nc(-c3ccccc3)nc(-c3ccccc3)n2)cc(-c2cnccc2-n2c3ccccc3c3cc(C(F)(F)F)ccc32)c1-n1c2ccccc2c2cc(C(F)(F)F)ccc21. The first kappa shape index (κ1) is 40.2. The molecule has 4 aromatic heterocycles. The second-order valence-corrected chi connectivity index (χ2v) is 15.6. The van der Waals surface area contributed by atoms with Gasteiger partial charge in [-0.2, -0.15) is 31.6 Å². The van der Waals surface area contributed by atoms with Crippen LogP contribution >= 0.6 is 0 Å². The lowest BCUT2D eigenvalue weighted by molar-refractivity contribution is -0.138. The quantitative estimate of drug-likeness (QED) is 0.155. The number of pyridine rings is 1. The maximum atomic E-state index is 14.3. The van der Waals surface area contributed by atoms with Crippen molar-refractivity contribution in [2.24, 2.45) is 0 Å². The van der Waals surface area contributed by atoms with E-state index < -0.39 is 23.5 Å². The summed E-state index contributed by atoms with van der Waals surface area (Å²) in [7, 11) is 0. The molecule has 0 atom stereocenters. The van der Waals surface area contributed by atoms with Crippen LogP contribution in [0.1, 0.15) is 16.7 Å². The third-order valence-electron chi connectivity index (χ3n) is 11.7. The Hall–Kier alpha value is -8.63. The molecule has 0 aliphatic carbocycles. The number of hydrogen-bond donors (Lipinski definition) is 0. The van der Waals surface area contributed by atoms with E-state index in [4.69, 9.17) is 15.0 Å². The minimum atomic E-state index is -4.63. The smallest absolute Gasteiger partial charge is 0.309 e. The molecule has 7 nitrogen and oxygen atoms in total. The van der Waals surface area contributed by atoms with Crippen LogP contribution < -0.4 is 0 Å². The standard InChI is InChI=1S/C53H29F6N7/c54-52(55,56)35-19-21-45-39(27-35)37-15-7-9-17-43(37)65(45)47-23-24-61-30-42(47)41-26-33(51-63-49(31-11-3-1-4-12-31)62-50(64-51)32-13-5-2-6-14-32)25-34(29-60)48(41)66-44-18-10-8-16-38(44)40-28-36(53(57,58)59)20-22-46(40)66/h1-28,30H. The molecule has 66 heavy (non-hydrogen) atoms. The normalized spacial score (nSPS) is 12.1. The first-order valence-corrected chi connectivity index (χ1v) is 20.6. The zero-order valence-electron chi connectivity index (χ0n) is 34.1. The monoisotopic (exact) mass is 877 g/mol. The minimum Gasteiger partial charge on any atom is -0.309 e. The molecule has 0 bridgehead atoms. The van der Waals surface area contributed by atoms with Crippen molar-refractivity contribution in [1.82, 2.24) is 29.1 Å². The predicted molar refractivity (Wildman–Crippen MR) is 243 cm³/mol. The molecule has 0 radical (unpaired) electrons. The maximum absolute atomic E-state index is 14.3. The fourth-order valence-corrected chi connectivity index (χ4v) is 8.82. The van der Waals surface area contributed by atoms with Crippen molar-refractivity contribution in [3.8, 4) is 62.7 Å². The number of halogens is 6. The summed E-state index contributed by atoms with van der Waals surface area (Å²) in [5, 5.41) is 13.0. The number of para-hydroxylation sites is 2. The van der Waals surface area contributed by atoms with Crippen molar-refractivity contribution in [2.75, 3.05) is 0 Å². The molecular weight excluding hydrogens is 849 g/mol. The minimum absolute atomic E-state index is 0.125. The molecule has 11 rings (SSSR count). The van der Waals surface area contributed by atoms with Crippen molar-refractivity contribution in [2.45, 2.75) is 12.4 Å². The van der Waals surface area contributed by atoms with E-state index in [0.29, 0.717) is 94.5 Å². The summed E-state index contributed by atoms with van der Waals surface area (Å²) in [5.74, 6) is 0.972. The summed E-state index contributed by atoms with van der Waals surface area (Å²) in [4.78, 5) is 19.3.